The Morgan fingerprint density at radius 2 is 1.82 bits per heavy atom. The summed E-state index contributed by atoms with van der Waals surface area (Å²) in [7, 11) is 0. The van der Waals surface area contributed by atoms with E-state index in [1.54, 1.807) is 25.1 Å². The molecule has 9 heteroatoms. The number of hydrogen-bond acceptors (Lipinski definition) is 6. The molecule has 2 aromatic rings. The van der Waals surface area contributed by atoms with E-state index in [1.807, 2.05) is 0 Å². The van der Waals surface area contributed by atoms with E-state index in [-0.39, 0.29) is 28.5 Å². The van der Waals surface area contributed by atoms with Crippen LogP contribution < -0.4 is 4.90 Å². The van der Waals surface area contributed by atoms with E-state index in [9.17, 15) is 19.7 Å². The van der Waals surface area contributed by atoms with Crippen molar-refractivity contribution < 1.29 is 19.6 Å². The molecule has 1 aliphatic heterocycles. The number of nitrogens with zero attached hydrogens (tertiary/aromatic N) is 2. The van der Waals surface area contributed by atoms with Crippen LogP contribution in [0, 0.1) is 17.0 Å². The molecular weight excluding hydrogens is 404 g/mol. The number of aliphatic hydroxyl groups is 1. The van der Waals surface area contributed by atoms with Crippen LogP contribution in [0.25, 0.3) is 5.57 Å². The van der Waals surface area contributed by atoms with Gasteiger partial charge in [-0.3, -0.25) is 19.7 Å². The summed E-state index contributed by atoms with van der Waals surface area (Å²) < 4.78 is 0. The maximum atomic E-state index is 13.2. The van der Waals surface area contributed by atoms with Gasteiger partial charge in [0.1, 0.15) is 0 Å². The topological polar surface area (TPSA) is 101 Å². The largest absolute Gasteiger partial charge is 0.396 e. The number of non-ortho nitro benzene ring substituents is 1. The third-order valence-electron chi connectivity index (χ3n) is 4.23. The van der Waals surface area contributed by atoms with Gasteiger partial charge in [-0.05, 0) is 42.3 Å². The highest BCUT2D eigenvalue weighted by Crippen LogP contribution is 2.40. The summed E-state index contributed by atoms with van der Waals surface area (Å²) >= 11 is 7.21. The van der Waals surface area contributed by atoms with Crippen molar-refractivity contribution in [2.24, 2.45) is 0 Å². The van der Waals surface area contributed by atoms with Gasteiger partial charge >= 0.3 is 0 Å². The average Bonchev–Trinajstić information content (AvgIpc) is 2.92. The smallest absolute Gasteiger partial charge is 0.272 e. The molecule has 0 saturated heterocycles. The number of amides is 2. The number of imide groups is 1. The van der Waals surface area contributed by atoms with Crippen molar-refractivity contribution in [2.75, 3.05) is 17.3 Å². The van der Waals surface area contributed by atoms with E-state index in [0.717, 1.165) is 16.7 Å². The van der Waals surface area contributed by atoms with Crippen molar-refractivity contribution in [1.82, 2.24) is 0 Å². The average molecular weight is 419 g/mol. The number of aliphatic hydroxyl groups excluding tert-OH is 1. The minimum atomic E-state index is -0.539. The number of carbonyl (C=O) groups is 2. The molecule has 1 aliphatic rings. The van der Waals surface area contributed by atoms with Gasteiger partial charge in [0.05, 0.1) is 27.7 Å². The summed E-state index contributed by atoms with van der Waals surface area (Å²) in [4.78, 5) is 37.8. The van der Waals surface area contributed by atoms with Crippen molar-refractivity contribution in [3.8, 4) is 0 Å². The normalized spacial score (nSPS) is 14.2. The molecule has 0 spiro atoms. The van der Waals surface area contributed by atoms with Crippen molar-refractivity contribution in [2.45, 2.75) is 6.92 Å². The third kappa shape index (κ3) is 3.54. The number of thioether (sulfide) groups is 1. The molecule has 0 aliphatic carbocycles. The zero-order valence-electron chi connectivity index (χ0n) is 14.7. The predicted molar refractivity (Wildman–Crippen MR) is 108 cm³/mol. The predicted octanol–water partition coefficient (Wildman–Crippen LogP) is 3.57. The molecule has 1 N–H and O–H groups in total. The molecular formula is C19H15ClN2O5S. The summed E-state index contributed by atoms with van der Waals surface area (Å²) in [6.45, 7) is 1.54. The maximum absolute atomic E-state index is 13.2. The second-order valence-corrected chi connectivity index (χ2v) is 7.42. The molecule has 1 heterocycles. The molecule has 2 amide bonds. The molecule has 0 aromatic heterocycles. The van der Waals surface area contributed by atoms with Crippen molar-refractivity contribution in [1.29, 1.82) is 0 Å². The first-order valence-electron chi connectivity index (χ1n) is 8.23. The molecule has 0 fully saturated rings. The van der Waals surface area contributed by atoms with Gasteiger partial charge in [0.2, 0.25) is 0 Å². The SMILES string of the molecule is Cc1c(Cl)cccc1N1C(=O)C(SCCO)=C(c2ccc([N+](=O)[O-])cc2)C1=O. The standard InChI is InChI=1S/C19H15ClN2O5S/c1-11-14(20)3-2-4-15(11)21-18(24)16(17(19(21)25)28-10-9-23)12-5-7-13(8-6-12)22(26)27/h2-8,23H,9-10H2,1H3. The number of nitro benzene ring substituents is 1. The fraction of sp³-hybridized carbons (Fsp3) is 0.158. The number of carbonyl (C=O) groups excluding carboxylic acids is 2. The Hall–Kier alpha value is -2.68. The summed E-state index contributed by atoms with van der Waals surface area (Å²) in [5, 5.41) is 20.5. The van der Waals surface area contributed by atoms with Gasteiger partial charge in [-0.25, -0.2) is 4.90 Å². The first-order chi connectivity index (χ1) is 13.4. The van der Waals surface area contributed by atoms with Gasteiger partial charge in [0, 0.05) is 22.9 Å². The Balaban J connectivity index is 2.10. The van der Waals surface area contributed by atoms with Crippen LogP contribution in [-0.2, 0) is 9.59 Å². The molecule has 2 aromatic carbocycles. The third-order valence-corrected chi connectivity index (χ3v) is 5.69. The lowest BCUT2D eigenvalue weighted by molar-refractivity contribution is -0.384. The fourth-order valence-electron chi connectivity index (χ4n) is 2.85. The van der Waals surface area contributed by atoms with E-state index in [0.29, 0.717) is 21.8 Å². The van der Waals surface area contributed by atoms with Gasteiger partial charge in [-0.2, -0.15) is 0 Å². The Morgan fingerprint density at radius 3 is 2.43 bits per heavy atom. The summed E-state index contributed by atoms with van der Waals surface area (Å²) in [6.07, 6.45) is 0. The zero-order chi connectivity index (χ0) is 20.4. The zero-order valence-corrected chi connectivity index (χ0v) is 16.3. The monoisotopic (exact) mass is 418 g/mol. The van der Waals surface area contributed by atoms with Gasteiger partial charge in [0.25, 0.3) is 17.5 Å². The molecule has 0 saturated carbocycles. The molecule has 0 atom stereocenters. The Kier molecular flexibility index (Phi) is 5.83. The lowest BCUT2D eigenvalue weighted by Crippen LogP contribution is -2.32. The van der Waals surface area contributed by atoms with Gasteiger partial charge in [-0.15, -0.1) is 11.8 Å². The van der Waals surface area contributed by atoms with Crippen LogP contribution in [0.3, 0.4) is 0 Å². The van der Waals surface area contributed by atoms with Crippen LogP contribution in [0.15, 0.2) is 47.4 Å². The summed E-state index contributed by atoms with van der Waals surface area (Å²) in [5.41, 5.74) is 1.39. The van der Waals surface area contributed by atoms with Crippen molar-refractivity contribution >= 4 is 52.1 Å². The number of rotatable bonds is 6. The van der Waals surface area contributed by atoms with E-state index in [4.69, 9.17) is 16.7 Å². The van der Waals surface area contributed by atoms with E-state index in [2.05, 4.69) is 0 Å². The Bertz CT molecular complexity index is 1000. The molecule has 144 valence electrons. The number of nitro groups is 1. The van der Waals surface area contributed by atoms with Crippen LogP contribution in [0.5, 0.6) is 0 Å². The van der Waals surface area contributed by atoms with E-state index in [1.165, 1.54) is 24.3 Å². The van der Waals surface area contributed by atoms with Crippen molar-refractivity contribution in [3.05, 3.63) is 73.6 Å². The highest BCUT2D eigenvalue weighted by atomic mass is 35.5. The minimum Gasteiger partial charge on any atom is -0.396 e. The maximum Gasteiger partial charge on any atom is 0.272 e. The highest BCUT2D eigenvalue weighted by Gasteiger charge is 2.40. The van der Waals surface area contributed by atoms with E-state index < -0.39 is 16.7 Å². The quantitative estimate of drug-likeness (QED) is 0.437. The first kappa shape index (κ1) is 20.1. The highest BCUT2D eigenvalue weighted by molar-refractivity contribution is 8.04. The molecule has 7 nitrogen and oxygen atoms in total. The second-order valence-electron chi connectivity index (χ2n) is 5.91. The van der Waals surface area contributed by atoms with Crippen LogP contribution in [0.4, 0.5) is 11.4 Å². The number of hydrogen-bond donors (Lipinski definition) is 1. The fourth-order valence-corrected chi connectivity index (χ4v) is 3.88. The van der Waals surface area contributed by atoms with Crippen LogP contribution in [-0.4, -0.2) is 34.2 Å². The van der Waals surface area contributed by atoms with Crippen LogP contribution >= 0.6 is 23.4 Å². The van der Waals surface area contributed by atoms with Gasteiger partial charge in [-0.1, -0.05) is 17.7 Å². The lowest BCUT2D eigenvalue weighted by Gasteiger charge is -2.18. The van der Waals surface area contributed by atoms with Gasteiger partial charge in [0.15, 0.2) is 0 Å². The van der Waals surface area contributed by atoms with E-state index >= 15 is 0 Å². The Labute approximate surface area is 169 Å². The van der Waals surface area contributed by atoms with Crippen LogP contribution in [0.1, 0.15) is 11.1 Å². The van der Waals surface area contributed by atoms with Crippen LogP contribution in [0.2, 0.25) is 5.02 Å². The number of benzene rings is 2. The number of halogens is 1. The van der Waals surface area contributed by atoms with Crippen molar-refractivity contribution in [3.63, 3.8) is 0 Å². The Morgan fingerprint density at radius 1 is 1.14 bits per heavy atom. The first-order valence-corrected chi connectivity index (χ1v) is 9.59. The number of anilines is 1. The molecule has 0 unspecified atom stereocenters. The molecule has 28 heavy (non-hydrogen) atoms. The minimum absolute atomic E-state index is 0.117. The molecule has 0 bridgehead atoms. The summed E-state index contributed by atoms with van der Waals surface area (Å²) in [6, 6.07) is 10.4. The summed E-state index contributed by atoms with van der Waals surface area (Å²) in [5.74, 6) is -0.820. The second kappa shape index (κ2) is 8.14. The van der Waals surface area contributed by atoms with Gasteiger partial charge < -0.3 is 5.11 Å². The molecule has 3 rings (SSSR count). The lowest BCUT2D eigenvalue weighted by atomic mass is 10.1. The molecule has 0 radical (unpaired) electrons.